The maximum absolute atomic E-state index is 14.7. The Balaban J connectivity index is 1.41. The van der Waals surface area contributed by atoms with E-state index in [0.717, 1.165) is 66.5 Å². The van der Waals surface area contributed by atoms with Crippen LogP contribution in [0.25, 0.3) is 0 Å². The van der Waals surface area contributed by atoms with Crippen LogP contribution in [0, 0.1) is 41.4 Å². The van der Waals surface area contributed by atoms with E-state index in [2.05, 4.69) is 48.1 Å². The molecule has 6 rings (SSSR count). The van der Waals surface area contributed by atoms with Crippen LogP contribution in [0.2, 0.25) is 0 Å². The second-order valence-electron chi connectivity index (χ2n) is 17.4. The lowest BCUT2D eigenvalue weighted by Gasteiger charge is -2.33. The molecule has 3 aromatic rings. The van der Waals surface area contributed by atoms with Crippen LogP contribution in [0.5, 0.6) is 11.5 Å². The first kappa shape index (κ1) is 44.7. The standard InChI is InChI=1S/C50H65N3O7/c1-4-10-41(45(56)28-39-25-38(30-53-39)31(2)11-8-9-20-54)37-23-33(21-32-18-19-52-48(51)24-32)22-35-14-16-40(34-12-6-5-7-13-34)42-29-46(57)47(60-3)27-36(42)15-17-44(55)50(59)49(58)43(35)26-37/h5-7,12-13,18,24-25,27,29-31,33,35,37,40-41,43,45,50,52-54,56-57,59H,4,8-11,15,17,19-23,26,28,51H2,1-3H3. The molecule has 3 aliphatic rings. The van der Waals surface area contributed by atoms with E-state index >= 15 is 0 Å². The van der Waals surface area contributed by atoms with Crippen molar-refractivity contribution in [2.75, 3.05) is 20.3 Å². The summed E-state index contributed by atoms with van der Waals surface area (Å²) in [6.07, 6.45) is 10.9. The van der Waals surface area contributed by atoms with Gasteiger partial charge in [0.1, 0.15) is 0 Å². The Morgan fingerprint density at radius 1 is 1.02 bits per heavy atom. The van der Waals surface area contributed by atoms with Gasteiger partial charge in [0.15, 0.2) is 29.2 Å². The largest absolute Gasteiger partial charge is 0.504 e. The number of H-pyrrole nitrogens is 1. The number of hydrogen-bond donors (Lipinski definition) is 7. The molecule has 0 bridgehead atoms. The van der Waals surface area contributed by atoms with Crippen molar-refractivity contribution in [3.8, 4) is 23.3 Å². The van der Waals surface area contributed by atoms with Gasteiger partial charge in [-0.15, -0.1) is 0 Å². The number of methoxy groups -OCH3 is 1. The number of benzene rings is 2. The van der Waals surface area contributed by atoms with E-state index in [-0.39, 0.29) is 48.7 Å². The highest BCUT2D eigenvalue weighted by molar-refractivity contribution is 6.06. The third-order valence-electron chi connectivity index (χ3n) is 13.2. The van der Waals surface area contributed by atoms with Gasteiger partial charge in [0.05, 0.1) is 25.0 Å². The summed E-state index contributed by atoms with van der Waals surface area (Å²) in [5.41, 5.74) is 11.9. The van der Waals surface area contributed by atoms with Crippen molar-refractivity contribution >= 4 is 11.6 Å². The topological polar surface area (TPSA) is 178 Å². The number of aromatic nitrogens is 1. The number of aromatic amines is 1. The maximum atomic E-state index is 14.7. The number of carbonyl (C=O) groups is 2. The summed E-state index contributed by atoms with van der Waals surface area (Å²) in [5, 5.41) is 47.2. The number of phenols is 1. The Bertz CT molecular complexity index is 2040. The number of dihydropyridines is 1. The number of Topliss-reactive ketones (excluding diaryl/α,β-unsaturated/α-hetero) is 2. The van der Waals surface area contributed by atoms with Gasteiger partial charge in [-0.05, 0) is 127 Å². The van der Waals surface area contributed by atoms with Crippen LogP contribution in [0.1, 0.15) is 118 Å². The molecule has 1 aliphatic heterocycles. The molecular weight excluding hydrogens is 755 g/mol. The van der Waals surface area contributed by atoms with Crippen LogP contribution in [-0.2, 0) is 22.4 Å². The predicted octanol–water partition coefficient (Wildman–Crippen LogP) is 6.96. The highest BCUT2D eigenvalue weighted by Crippen LogP contribution is 2.45. The minimum atomic E-state index is -1.80. The van der Waals surface area contributed by atoms with E-state index in [1.54, 1.807) is 12.1 Å². The van der Waals surface area contributed by atoms with E-state index in [0.29, 0.717) is 44.0 Å². The molecule has 9 unspecified atom stereocenters. The van der Waals surface area contributed by atoms with Crippen molar-refractivity contribution in [3.63, 3.8) is 0 Å². The molecule has 0 radical (unpaired) electrons. The zero-order valence-corrected chi connectivity index (χ0v) is 35.5. The number of aromatic hydroxyl groups is 1. The molecule has 2 aromatic carbocycles. The summed E-state index contributed by atoms with van der Waals surface area (Å²) in [5.74, 6) is 5.44. The van der Waals surface area contributed by atoms with Gasteiger partial charge in [0, 0.05) is 49.7 Å². The Kier molecular flexibility index (Phi) is 15.7. The first-order valence-corrected chi connectivity index (χ1v) is 22.1. The number of hydrogen-bond acceptors (Lipinski definition) is 9. The van der Waals surface area contributed by atoms with Gasteiger partial charge < -0.3 is 41.2 Å². The first-order valence-electron chi connectivity index (χ1n) is 22.1. The fourth-order valence-corrected chi connectivity index (χ4v) is 9.96. The molecule has 322 valence electrons. The summed E-state index contributed by atoms with van der Waals surface area (Å²) in [4.78, 5) is 31.9. The number of unbranched alkanes of at least 4 members (excludes halogenated alkanes) is 1. The lowest BCUT2D eigenvalue weighted by molar-refractivity contribution is -0.142. The van der Waals surface area contributed by atoms with E-state index < -0.39 is 41.5 Å². The number of phenolic OH excluding ortho intramolecular Hbond substituents is 1. The number of nitrogens with one attached hydrogen (secondary N) is 2. The average Bonchev–Trinajstić information content (AvgIpc) is 3.63. The van der Waals surface area contributed by atoms with Gasteiger partial charge in [-0.1, -0.05) is 74.9 Å². The smallest absolute Gasteiger partial charge is 0.173 e. The highest BCUT2D eigenvalue weighted by Gasteiger charge is 2.43. The molecule has 0 amide bonds. The molecule has 10 nitrogen and oxygen atoms in total. The number of aliphatic hydroxyl groups excluding tert-OH is 3. The lowest BCUT2D eigenvalue weighted by Crippen LogP contribution is -2.40. The molecule has 2 aliphatic carbocycles. The van der Waals surface area contributed by atoms with Gasteiger partial charge >= 0.3 is 0 Å². The van der Waals surface area contributed by atoms with Crippen LogP contribution in [0.15, 0.2) is 78.3 Å². The monoisotopic (exact) mass is 819 g/mol. The lowest BCUT2D eigenvalue weighted by atomic mass is 9.73. The number of aryl methyl sites for hydroxylation is 1. The Labute approximate surface area is 355 Å². The van der Waals surface area contributed by atoms with Crippen molar-refractivity contribution in [2.45, 2.75) is 115 Å². The first-order chi connectivity index (χ1) is 29.0. The summed E-state index contributed by atoms with van der Waals surface area (Å²) in [7, 11) is 1.48. The fourth-order valence-electron chi connectivity index (χ4n) is 9.96. The number of allylic oxidation sites excluding steroid dienone is 2. The van der Waals surface area contributed by atoms with Crippen molar-refractivity contribution in [1.29, 1.82) is 0 Å². The molecule has 0 spiro atoms. The predicted molar refractivity (Wildman–Crippen MR) is 234 cm³/mol. The number of fused-ring (bicyclic) bond motifs is 2. The highest BCUT2D eigenvalue weighted by atomic mass is 16.5. The molecule has 0 saturated heterocycles. The Morgan fingerprint density at radius 3 is 2.55 bits per heavy atom. The van der Waals surface area contributed by atoms with Crippen LogP contribution in [0.3, 0.4) is 0 Å². The summed E-state index contributed by atoms with van der Waals surface area (Å²) in [6.45, 7) is 5.12. The number of nitrogens with two attached hydrogens (primary N) is 1. The van der Waals surface area contributed by atoms with E-state index in [1.165, 1.54) is 12.7 Å². The second-order valence-corrected chi connectivity index (χ2v) is 17.4. The minimum Gasteiger partial charge on any atom is -0.504 e. The molecule has 1 aromatic heterocycles. The van der Waals surface area contributed by atoms with Gasteiger partial charge in [0.2, 0.25) is 0 Å². The van der Waals surface area contributed by atoms with Crippen molar-refractivity contribution in [1.82, 2.24) is 10.3 Å². The molecular formula is C50H65N3O7. The summed E-state index contributed by atoms with van der Waals surface area (Å²) >= 11 is 0. The van der Waals surface area contributed by atoms with Crippen molar-refractivity contribution < 1.29 is 34.8 Å². The zero-order valence-electron chi connectivity index (χ0n) is 35.5. The van der Waals surface area contributed by atoms with Gasteiger partial charge in [-0.3, -0.25) is 9.59 Å². The van der Waals surface area contributed by atoms with Gasteiger partial charge in [0.25, 0.3) is 0 Å². The second kappa shape index (κ2) is 21.1. The van der Waals surface area contributed by atoms with E-state index in [1.807, 2.05) is 42.6 Å². The third kappa shape index (κ3) is 11.1. The van der Waals surface area contributed by atoms with Crippen molar-refractivity contribution in [2.24, 2.45) is 35.3 Å². The molecule has 1 fully saturated rings. The summed E-state index contributed by atoms with van der Waals surface area (Å²) < 4.78 is 5.46. The summed E-state index contributed by atoms with van der Waals surface area (Å²) in [6, 6.07) is 15.4. The van der Waals surface area contributed by atoms with Crippen molar-refractivity contribution in [3.05, 3.63) is 106 Å². The van der Waals surface area contributed by atoms with Gasteiger partial charge in [-0.25, -0.2) is 0 Å². The maximum Gasteiger partial charge on any atom is 0.173 e. The fraction of sp³-hybridized carbons (Fsp3) is 0.520. The average molecular weight is 820 g/mol. The van der Waals surface area contributed by atoms with Gasteiger partial charge in [-0.2, -0.15) is 0 Å². The number of ketones is 2. The van der Waals surface area contributed by atoms with Crippen LogP contribution < -0.4 is 15.8 Å². The molecule has 1 saturated carbocycles. The van der Waals surface area contributed by atoms with E-state index in [9.17, 15) is 30.0 Å². The molecule has 2 heterocycles. The molecule has 10 heteroatoms. The minimum absolute atomic E-state index is 0.0332. The van der Waals surface area contributed by atoms with E-state index in [4.69, 9.17) is 10.5 Å². The van der Waals surface area contributed by atoms with Crippen LogP contribution in [0.4, 0.5) is 0 Å². The number of rotatable bonds is 15. The zero-order chi connectivity index (χ0) is 42.8. The molecule has 8 N–H and O–H groups in total. The number of ether oxygens (including phenoxy) is 1. The Morgan fingerprint density at radius 2 is 1.82 bits per heavy atom. The van der Waals surface area contributed by atoms with Crippen LogP contribution >= 0.6 is 0 Å². The third-order valence-corrected chi connectivity index (χ3v) is 13.2. The molecule has 9 atom stereocenters. The number of carbonyl (C=O) groups excluding carboxylic acids is 2. The number of aliphatic hydroxyl groups is 3. The molecule has 60 heavy (non-hydrogen) atoms. The Hall–Kier alpha value is -4.82. The quantitative estimate of drug-likeness (QED) is 0.0485. The van der Waals surface area contributed by atoms with Crippen LogP contribution in [-0.4, -0.2) is 69.4 Å². The normalized spacial score (nSPS) is 25.0. The SMILES string of the molecule is CCCC(C(O)Cc1cc(C(C)CCCCO)c[nH]1)C1CC(CC2=CCNC(N)=C2)CC2C#CC(c3ccccc3)c3cc(O)c(OC)cc3CCC(=O)C(O)C(=O)C2C1.